The molecule has 0 rings (SSSR count). The lowest BCUT2D eigenvalue weighted by atomic mass is 10.1. The summed E-state index contributed by atoms with van der Waals surface area (Å²) in [5, 5.41) is 0. The van der Waals surface area contributed by atoms with Crippen molar-refractivity contribution in [2.45, 2.75) is 271 Å². The van der Waals surface area contributed by atoms with E-state index in [1.54, 1.807) is 0 Å². The monoisotopic (exact) mass is 959 g/mol. The molecule has 69 heavy (non-hydrogen) atoms. The molecule has 0 aliphatic rings. The number of carbonyl (C=O) groups is 3. The summed E-state index contributed by atoms with van der Waals surface area (Å²) < 4.78 is 16.8. The number of hydrogen-bond donors (Lipinski definition) is 0. The van der Waals surface area contributed by atoms with Crippen molar-refractivity contribution in [1.29, 1.82) is 0 Å². The second kappa shape index (κ2) is 56.9. The smallest absolute Gasteiger partial charge is 0.306 e. The molecule has 0 amide bonds. The molecule has 0 aliphatic carbocycles. The van der Waals surface area contributed by atoms with Gasteiger partial charge in [-0.15, -0.1) is 0 Å². The van der Waals surface area contributed by atoms with Gasteiger partial charge in [0.15, 0.2) is 6.10 Å². The lowest BCUT2D eigenvalue weighted by Crippen LogP contribution is -2.30. The minimum Gasteiger partial charge on any atom is -0.462 e. The molecule has 0 spiro atoms. The summed E-state index contributed by atoms with van der Waals surface area (Å²) in [5.41, 5.74) is 0. The first-order valence-electron chi connectivity index (χ1n) is 28.7. The average molecular weight is 960 g/mol. The van der Waals surface area contributed by atoms with Gasteiger partial charge < -0.3 is 14.2 Å². The van der Waals surface area contributed by atoms with Crippen LogP contribution < -0.4 is 0 Å². The highest BCUT2D eigenvalue weighted by molar-refractivity contribution is 5.71. The molecule has 0 saturated heterocycles. The number of ether oxygens (including phenoxy) is 3. The zero-order valence-corrected chi connectivity index (χ0v) is 45.0. The van der Waals surface area contributed by atoms with E-state index in [1.807, 2.05) is 0 Å². The first-order chi connectivity index (χ1) is 34.0. The predicted molar refractivity (Wildman–Crippen MR) is 297 cm³/mol. The quantitative estimate of drug-likeness (QED) is 0.0262. The van der Waals surface area contributed by atoms with E-state index < -0.39 is 6.10 Å². The van der Waals surface area contributed by atoms with Gasteiger partial charge in [0.2, 0.25) is 0 Å². The zero-order valence-electron chi connectivity index (χ0n) is 45.0. The SMILES string of the molecule is CC/C=C\C/C=C\C/C=C\C/C=C\CCCCCCC(=O)O[C@H](COC(=O)CCCC/C=C\C/C=C\C/C=C\CCCCC)COC(=O)CCCCCCCCCCC/C=C\CCCCCCCC. The number of unbranched alkanes of at least 4 members (excludes halogenated alkanes) is 24. The maximum atomic E-state index is 12.8. The van der Waals surface area contributed by atoms with Crippen molar-refractivity contribution in [3.05, 3.63) is 97.2 Å². The van der Waals surface area contributed by atoms with Crippen molar-refractivity contribution >= 4 is 17.9 Å². The molecule has 0 saturated carbocycles. The van der Waals surface area contributed by atoms with E-state index in [4.69, 9.17) is 14.2 Å². The van der Waals surface area contributed by atoms with Crippen LogP contribution in [0.15, 0.2) is 97.2 Å². The van der Waals surface area contributed by atoms with Gasteiger partial charge in [-0.05, 0) is 122 Å². The van der Waals surface area contributed by atoms with E-state index in [-0.39, 0.29) is 31.1 Å². The molecule has 0 aliphatic heterocycles. The Kier molecular flexibility index (Phi) is 53.9. The van der Waals surface area contributed by atoms with Crippen LogP contribution in [-0.2, 0) is 28.6 Å². The van der Waals surface area contributed by atoms with Gasteiger partial charge in [-0.2, -0.15) is 0 Å². The van der Waals surface area contributed by atoms with E-state index >= 15 is 0 Å². The summed E-state index contributed by atoms with van der Waals surface area (Å²) >= 11 is 0. The third-order valence-corrected chi connectivity index (χ3v) is 12.0. The Morgan fingerprint density at radius 2 is 0.565 bits per heavy atom. The van der Waals surface area contributed by atoms with Crippen molar-refractivity contribution in [3.8, 4) is 0 Å². The van der Waals surface area contributed by atoms with Crippen LogP contribution in [0.3, 0.4) is 0 Å². The highest BCUT2D eigenvalue weighted by atomic mass is 16.6. The van der Waals surface area contributed by atoms with Crippen LogP contribution in [0, 0.1) is 0 Å². The minimum absolute atomic E-state index is 0.101. The normalized spacial score (nSPS) is 12.8. The molecule has 6 heteroatoms. The number of rotatable bonds is 51. The van der Waals surface area contributed by atoms with E-state index in [1.165, 1.54) is 116 Å². The first kappa shape index (κ1) is 65.3. The fourth-order valence-electron chi connectivity index (χ4n) is 7.73. The largest absolute Gasteiger partial charge is 0.462 e. The molecule has 0 radical (unpaired) electrons. The number of hydrogen-bond acceptors (Lipinski definition) is 6. The number of esters is 3. The van der Waals surface area contributed by atoms with Gasteiger partial charge in [-0.25, -0.2) is 0 Å². The van der Waals surface area contributed by atoms with Crippen molar-refractivity contribution in [3.63, 3.8) is 0 Å². The molecule has 0 bridgehead atoms. The maximum Gasteiger partial charge on any atom is 0.306 e. The molecule has 0 heterocycles. The standard InChI is InChI=1S/C63H106O6/c1-4-7-10-13-16-19-22-25-28-30-31-33-35-38-41-44-47-50-53-56-62(65)68-59-60(58-67-61(64)55-52-49-46-43-40-37-34-27-24-21-18-15-12-9-6-3)69-63(66)57-54-51-48-45-42-39-36-32-29-26-23-20-17-14-11-8-5-2/h8,11,17-18,20-21,25-29,34,36,39-40,43,60H,4-7,9-10,12-16,19,22-24,30-33,35,37-38,41-42,44-59H2,1-3H3/b11-8-,20-17-,21-18-,28-25-,29-26-,34-27-,39-36-,43-40-/t60-/m1/s1. The topological polar surface area (TPSA) is 78.9 Å². The van der Waals surface area contributed by atoms with E-state index in [9.17, 15) is 14.4 Å². The molecule has 0 unspecified atom stereocenters. The van der Waals surface area contributed by atoms with Crippen LogP contribution in [0.25, 0.3) is 0 Å². The summed E-state index contributed by atoms with van der Waals surface area (Å²) in [6.45, 7) is 6.45. The fraction of sp³-hybridized carbons (Fsp3) is 0.698. The molecule has 0 N–H and O–H groups in total. The van der Waals surface area contributed by atoms with Gasteiger partial charge in [-0.3, -0.25) is 14.4 Å². The summed E-state index contributed by atoms with van der Waals surface area (Å²) in [7, 11) is 0. The Morgan fingerprint density at radius 3 is 0.957 bits per heavy atom. The average Bonchev–Trinajstić information content (AvgIpc) is 3.35. The molecule has 0 aromatic rings. The second-order valence-electron chi connectivity index (χ2n) is 18.8. The Balaban J connectivity index is 4.47. The number of allylic oxidation sites excluding steroid dienone is 16. The Morgan fingerprint density at radius 1 is 0.304 bits per heavy atom. The highest BCUT2D eigenvalue weighted by Gasteiger charge is 2.19. The zero-order chi connectivity index (χ0) is 50.0. The Hall–Kier alpha value is -3.67. The van der Waals surface area contributed by atoms with Crippen LogP contribution in [0.5, 0.6) is 0 Å². The molecule has 394 valence electrons. The molecule has 6 nitrogen and oxygen atoms in total. The van der Waals surface area contributed by atoms with E-state index in [0.717, 1.165) is 109 Å². The third kappa shape index (κ3) is 55.1. The molecule has 0 aromatic carbocycles. The molecular formula is C63H106O6. The van der Waals surface area contributed by atoms with Gasteiger partial charge >= 0.3 is 17.9 Å². The molecular weight excluding hydrogens is 853 g/mol. The van der Waals surface area contributed by atoms with Crippen molar-refractivity contribution in [2.24, 2.45) is 0 Å². The minimum atomic E-state index is -0.808. The predicted octanol–water partition coefficient (Wildman–Crippen LogP) is 19.3. The lowest BCUT2D eigenvalue weighted by molar-refractivity contribution is -0.167. The van der Waals surface area contributed by atoms with Crippen molar-refractivity contribution < 1.29 is 28.6 Å². The van der Waals surface area contributed by atoms with Crippen LogP contribution >= 0.6 is 0 Å². The van der Waals surface area contributed by atoms with E-state index in [0.29, 0.717) is 19.3 Å². The Labute approximate surface area is 426 Å². The molecule has 1 atom stereocenters. The maximum absolute atomic E-state index is 12.8. The van der Waals surface area contributed by atoms with Gasteiger partial charge in [0.25, 0.3) is 0 Å². The van der Waals surface area contributed by atoms with Gasteiger partial charge in [0, 0.05) is 19.3 Å². The van der Waals surface area contributed by atoms with Crippen LogP contribution in [0.2, 0.25) is 0 Å². The Bertz CT molecular complexity index is 1380. The van der Waals surface area contributed by atoms with Crippen LogP contribution in [0.1, 0.15) is 265 Å². The van der Waals surface area contributed by atoms with E-state index in [2.05, 4.69) is 118 Å². The lowest BCUT2D eigenvalue weighted by Gasteiger charge is -2.18. The van der Waals surface area contributed by atoms with Crippen molar-refractivity contribution in [2.75, 3.05) is 13.2 Å². The van der Waals surface area contributed by atoms with Crippen LogP contribution in [-0.4, -0.2) is 37.2 Å². The van der Waals surface area contributed by atoms with Gasteiger partial charge in [-0.1, -0.05) is 221 Å². The van der Waals surface area contributed by atoms with Gasteiger partial charge in [0.1, 0.15) is 13.2 Å². The summed E-state index contributed by atoms with van der Waals surface area (Å²) in [6.07, 6.45) is 75.4. The van der Waals surface area contributed by atoms with Crippen LogP contribution in [0.4, 0.5) is 0 Å². The molecule has 0 aromatic heterocycles. The summed E-state index contributed by atoms with van der Waals surface area (Å²) in [4.78, 5) is 38.1. The van der Waals surface area contributed by atoms with Gasteiger partial charge in [0.05, 0.1) is 0 Å². The third-order valence-electron chi connectivity index (χ3n) is 12.0. The number of carbonyl (C=O) groups excluding carboxylic acids is 3. The highest BCUT2D eigenvalue weighted by Crippen LogP contribution is 2.14. The summed E-state index contributed by atoms with van der Waals surface area (Å²) in [6, 6.07) is 0. The molecule has 0 fully saturated rings. The summed E-state index contributed by atoms with van der Waals surface area (Å²) in [5.74, 6) is -0.964. The second-order valence-corrected chi connectivity index (χ2v) is 18.8. The van der Waals surface area contributed by atoms with Crippen molar-refractivity contribution in [1.82, 2.24) is 0 Å². The fourth-order valence-corrected chi connectivity index (χ4v) is 7.73. The first-order valence-corrected chi connectivity index (χ1v) is 28.7.